The van der Waals surface area contributed by atoms with Gasteiger partial charge in [-0.15, -0.1) is 0 Å². The molecule has 1 rings (SSSR count). The fourth-order valence-corrected chi connectivity index (χ4v) is 1.73. The molecule has 1 aromatic rings. The third-order valence-electron chi connectivity index (χ3n) is 1.90. The van der Waals surface area contributed by atoms with E-state index in [1.807, 2.05) is 0 Å². The molecule has 0 spiro atoms. The first-order valence-corrected chi connectivity index (χ1v) is 5.32. The van der Waals surface area contributed by atoms with Crippen LogP contribution in [0.3, 0.4) is 0 Å². The predicted octanol–water partition coefficient (Wildman–Crippen LogP) is 3.15. The second kappa shape index (κ2) is 5.54. The summed E-state index contributed by atoms with van der Waals surface area (Å²) in [5.41, 5.74) is -0.233. The Hall–Kier alpha value is -0.750. The average molecular weight is 315 g/mol. The smallest absolute Gasteiger partial charge is 0.310 e. The van der Waals surface area contributed by atoms with Crippen molar-refractivity contribution in [2.45, 2.75) is 12.8 Å². The highest BCUT2D eigenvalue weighted by molar-refractivity contribution is 9.10. The molecule has 0 N–H and O–H groups in total. The van der Waals surface area contributed by atoms with E-state index in [4.69, 9.17) is 11.6 Å². The molecule has 3 nitrogen and oxygen atoms in total. The lowest BCUT2D eigenvalue weighted by atomic mass is 10.1. The lowest BCUT2D eigenvalue weighted by Gasteiger charge is -2.10. The van der Waals surface area contributed by atoms with Gasteiger partial charge < -0.3 is 4.74 Å². The number of pyridine rings is 1. The zero-order chi connectivity index (χ0) is 12.3. The Labute approximate surface area is 104 Å². The lowest BCUT2D eigenvalue weighted by Crippen LogP contribution is -2.09. The third-order valence-corrected chi connectivity index (χ3v) is 3.26. The van der Waals surface area contributed by atoms with Crippen molar-refractivity contribution in [1.29, 1.82) is 0 Å². The number of carbonyl (C=O) groups is 1. The molecular weight excluding hydrogens is 307 g/mol. The first kappa shape index (κ1) is 13.3. The van der Waals surface area contributed by atoms with E-state index in [1.165, 1.54) is 7.11 Å². The summed E-state index contributed by atoms with van der Waals surface area (Å²) in [5.74, 6) is -0.620. The lowest BCUT2D eigenvalue weighted by molar-refractivity contribution is -0.139. The molecule has 0 atom stereocenters. The molecule has 0 bridgehead atoms. The van der Waals surface area contributed by atoms with Crippen molar-refractivity contribution in [2.75, 3.05) is 7.11 Å². The van der Waals surface area contributed by atoms with Crippen LogP contribution in [0.25, 0.3) is 0 Å². The zero-order valence-corrected chi connectivity index (χ0v) is 10.5. The molecule has 0 aliphatic carbocycles. The van der Waals surface area contributed by atoms with Crippen LogP contribution in [0.15, 0.2) is 10.7 Å². The van der Waals surface area contributed by atoms with Crippen LogP contribution in [-0.4, -0.2) is 18.1 Å². The van der Waals surface area contributed by atoms with E-state index in [0.717, 1.165) is 6.20 Å². The molecule has 0 saturated heterocycles. The number of methoxy groups -OCH3 is 1. The standard InChI is InChI=1S/C9H7BrClF2NO2/c1-16-6(15)2-4-5(9(12)13)3-14-8(11)7(4)10/h3,9H,2H2,1H3. The van der Waals surface area contributed by atoms with Gasteiger partial charge in [-0.1, -0.05) is 11.6 Å². The maximum absolute atomic E-state index is 12.6. The van der Waals surface area contributed by atoms with Crippen LogP contribution >= 0.6 is 27.5 Å². The van der Waals surface area contributed by atoms with E-state index >= 15 is 0 Å². The first-order chi connectivity index (χ1) is 7.47. The molecule has 0 saturated carbocycles. The SMILES string of the molecule is COC(=O)Cc1c(C(F)F)cnc(Cl)c1Br. The van der Waals surface area contributed by atoms with Gasteiger partial charge in [0.1, 0.15) is 5.15 Å². The van der Waals surface area contributed by atoms with Gasteiger partial charge >= 0.3 is 5.97 Å². The highest BCUT2D eigenvalue weighted by atomic mass is 79.9. The monoisotopic (exact) mass is 313 g/mol. The van der Waals surface area contributed by atoms with Crippen molar-refractivity contribution in [2.24, 2.45) is 0 Å². The van der Waals surface area contributed by atoms with E-state index in [9.17, 15) is 13.6 Å². The van der Waals surface area contributed by atoms with E-state index < -0.39 is 12.4 Å². The minimum atomic E-state index is -2.72. The molecule has 0 aliphatic rings. The number of hydrogen-bond donors (Lipinski definition) is 0. The van der Waals surface area contributed by atoms with Crippen LogP contribution < -0.4 is 0 Å². The van der Waals surface area contributed by atoms with Crippen LogP contribution in [0.5, 0.6) is 0 Å². The van der Waals surface area contributed by atoms with Gasteiger partial charge in [-0.3, -0.25) is 4.79 Å². The zero-order valence-electron chi connectivity index (χ0n) is 8.14. The number of halogens is 4. The Morgan fingerprint density at radius 3 is 2.81 bits per heavy atom. The summed E-state index contributed by atoms with van der Waals surface area (Å²) in [5, 5.41) is 0.0308. The molecule has 0 amide bonds. The van der Waals surface area contributed by atoms with Gasteiger partial charge in [0.05, 0.1) is 18.0 Å². The van der Waals surface area contributed by atoms with Gasteiger partial charge in [-0.05, 0) is 21.5 Å². The van der Waals surface area contributed by atoms with Crippen LogP contribution in [0.4, 0.5) is 8.78 Å². The van der Waals surface area contributed by atoms with Gasteiger partial charge in [0.25, 0.3) is 6.43 Å². The second-order valence-corrected chi connectivity index (χ2v) is 4.00. The van der Waals surface area contributed by atoms with E-state index in [2.05, 4.69) is 25.7 Å². The van der Waals surface area contributed by atoms with Crippen molar-refractivity contribution in [3.63, 3.8) is 0 Å². The van der Waals surface area contributed by atoms with Crippen molar-refractivity contribution in [1.82, 2.24) is 4.98 Å². The van der Waals surface area contributed by atoms with Crippen molar-refractivity contribution in [3.05, 3.63) is 26.9 Å². The fraction of sp³-hybridized carbons (Fsp3) is 0.333. The number of carbonyl (C=O) groups excluding carboxylic acids is 1. The maximum Gasteiger partial charge on any atom is 0.310 e. The molecule has 1 heterocycles. The minimum Gasteiger partial charge on any atom is -0.469 e. The molecule has 0 aliphatic heterocycles. The quantitative estimate of drug-likeness (QED) is 0.635. The van der Waals surface area contributed by atoms with E-state index in [-0.39, 0.29) is 27.2 Å². The molecule has 7 heteroatoms. The highest BCUT2D eigenvalue weighted by Crippen LogP contribution is 2.32. The summed E-state index contributed by atoms with van der Waals surface area (Å²) in [6.07, 6.45) is -2.05. The Morgan fingerprint density at radius 2 is 2.31 bits per heavy atom. The molecule has 1 aromatic heterocycles. The number of aromatic nitrogens is 1. The van der Waals surface area contributed by atoms with Crippen LogP contribution in [0, 0.1) is 0 Å². The molecule has 0 radical (unpaired) electrons. The number of nitrogens with zero attached hydrogens (tertiary/aromatic N) is 1. The van der Waals surface area contributed by atoms with Gasteiger partial charge in [0.2, 0.25) is 0 Å². The molecule has 88 valence electrons. The summed E-state index contributed by atoms with van der Waals surface area (Å²) in [6, 6.07) is 0. The normalized spacial score (nSPS) is 10.6. The Morgan fingerprint density at radius 1 is 1.69 bits per heavy atom. The van der Waals surface area contributed by atoms with Gasteiger partial charge in [0, 0.05) is 11.8 Å². The van der Waals surface area contributed by atoms with Crippen molar-refractivity contribution in [3.8, 4) is 0 Å². The molecule has 0 fully saturated rings. The number of rotatable bonds is 3. The first-order valence-electron chi connectivity index (χ1n) is 4.15. The van der Waals surface area contributed by atoms with Crippen molar-refractivity contribution >= 4 is 33.5 Å². The van der Waals surface area contributed by atoms with Gasteiger partial charge in [-0.25, -0.2) is 13.8 Å². The van der Waals surface area contributed by atoms with Crippen LogP contribution in [-0.2, 0) is 16.0 Å². The topological polar surface area (TPSA) is 39.2 Å². The largest absolute Gasteiger partial charge is 0.469 e. The number of alkyl halides is 2. The van der Waals surface area contributed by atoms with Gasteiger partial charge in [-0.2, -0.15) is 0 Å². The summed E-state index contributed by atoms with van der Waals surface area (Å²) in [7, 11) is 1.18. The van der Waals surface area contributed by atoms with Gasteiger partial charge in [0.15, 0.2) is 0 Å². The van der Waals surface area contributed by atoms with E-state index in [1.54, 1.807) is 0 Å². The molecule has 0 aromatic carbocycles. The number of hydrogen-bond acceptors (Lipinski definition) is 3. The second-order valence-electron chi connectivity index (χ2n) is 2.85. The Bertz CT molecular complexity index is 415. The Kier molecular flexibility index (Phi) is 4.61. The average Bonchev–Trinajstić information content (AvgIpc) is 2.24. The summed E-state index contributed by atoms with van der Waals surface area (Å²) < 4.78 is 29.9. The number of ether oxygens (including phenoxy) is 1. The molecule has 16 heavy (non-hydrogen) atoms. The summed E-state index contributed by atoms with van der Waals surface area (Å²) >= 11 is 8.68. The predicted molar refractivity (Wildman–Crippen MR) is 57.6 cm³/mol. The summed E-state index contributed by atoms with van der Waals surface area (Å²) in [6.45, 7) is 0. The number of esters is 1. The molecule has 0 unspecified atom stereocenters. The Balaban J connectivity index is 3.20. The maximum atomic E-state index is 12.6. The summed E-state index contributed by atoms with van der Waals surface area (Å²) in [4.78, 5) is 14.6. The van der Waals surface area contributed by atoms with E-state index in [0.29, 0.717) is 0 Å². The molecular formula is C9H7BrClF2NO2. The van der Waals surface area contributed by atoms with Crippen molar-refractivity contribution < 1.29 is 18.3 Å². The van der Waals surface area contributed by atoms with Crippen LogP contribution in [0.1, 0.15) is 17.6 Å². The minimum absolute atomic E-state index is 0.0308. The van der Waals surface area contributed by atoms with Crippen LogP contribution in [0.2, 0.25) is 5.15 Å². The third kappa shape index (κ3) is 2.89. The highest BCUT2D eigenvalue weighted by Gasteiger charge is 2.20. The fourth-order valence-electron chi connectivity index (χ4n) is 1.10.